The Balaban J connectivity index is 2.11. The summed E-state index contributed by atoms with van der Waals surface area (Å²) in [5.41, 5.74) is 1.01. The molecule has 0 aromatic rings. The third-order valence-corrected chi connectivity index (χ3v) is 6.13. The fourth-order valence-corrected chi connectivity index (χ4v) is 3.36. The maximum atomic E-state index is 12.1. The maximum absolute atomic E-state index is 12.1. The highest BCUT2D eigenvalue weighted by atomic mass is 127. The molecule has 0 N–H and O–H groups in total. The van der Waals surface area contributed by atoms with Crippen LogP contribution in [0.4, 0.5) is 0 Å². The van der Waals surface area contributed by atoms with Crippen molar-refractivity contribution in [3.8, 4) is 0 Å². The fourth-order valence-electron chi connectivity index (χ4n) is 3.01. The lowest BCUT2D eigenvalue weighted by atomic mass is 9.73. The second-order valence-corrected chi connectivity index (χ2v) is 7.60. The largest absolute Gasteiger partial charge is 0.454 e. The van der Waals surface area contributed by atoms with E-state index in [1.54, 1.807) is 6.92 Å². The van der Waals surface area contributed by atoms with Gasteiger partial charge in [-0.3, -0.25) is 4.79 Å². The Bertz CT molecular complexity index is 378. The fraction of sp³-hybridized carbons (Fsp3) is 0.786. The van der Waals surface area contributed by atoms with E-state index >= 15 is 0 Å². The summed E-state index contributed by atoms with van der Waals surface area (Å²) in [5.74, 6) is 0.385. The van der Waals surface area contributed by atoms with E-state index in [1.165, 1.54) is 24.8 Å². The van der Waals surface area contributed by atoms with E-state index in [1.807, 2.05) is 6.92 Å². The molecule has 3 unspecified atom stereocenters. The van der Waals surface area contributed by atoms with Gasteiger partial charge in [-0.1, -0.05) is 28.2 Å². The Kier molecular flexibility index (Phi) is 4.32. The third kappa shape index (κ3) is 3.21. The first kappa shape index (κ1) is 14.6. The predicted molar refractivity (Wildman–Crippen MR) is 82.3 cm³/mol. The zero-order valence-electron chi connectivity index (χ0n) is 11.0. The smallest absolute Gasteiger partial charge is 0.328 e. The summed E-state index contributed by atoms with van der Waals surface area (Å²) < 4.78 is 6.28. The number of allylic oxidation sites excluding steroid dienone is 1. The first-order valence-corrected chi connectivity index (χ1v) is 8.44. The summed E-state index contributed by atoms with van der Waals surface area (Å²) in [7, 11) is 0. The van der Waals surface area contributed by atoms with Crippen LogP contribution in [0, 0.1) is 5.92 Å². The molecular weight excluding hydrogens is 363 g/mol. The van der Waals surface area contributed by atoms with Crippen LogP contribution >= 0.6 is 34.2 Å². The lowest BCUT2D eigenvalue weighted by molar-refractivity contribution is -0.158. The summed E-state index contributed by atoms with van der Waals surface area (Å²) in [4.78, 5) is 11.2. The Hall–Kier alpha value is 0.230. The quantitative estimate of drug-likeness (QED) is 0.316. The van der Waals surface area contributed by atoms with Gasteiger partial charge in [0.25, 0.3) is 0 Å². The van der Waals surface area contributed by atoms with Gasteiger partial charge in [0.05, 0.1) is 0 Å². The lowest BCUT2D eigenvalue weighted by Gasteiger charge is -2.40. The predicted octanol–water partition coefficient (Wildman–Crippen LogP) is 4.24. The number of halogens is 2. The molecule has 0 spiro atoms. The van der Waals surface area contributed by atoms with Crippen molar-refractivity contribution in [1.82, 2.24) is 0 Å². The highest BCUT2D eigenvalue weighted by molar-refractivity contribution is 14.1. The first-order valence-electron chi connectivity index (χ1n) is 6.53. The van der Waals surface area contributed by atoms with Gasteiger partial charge in [0.1, 0.15) is 10.5 Å². The second-order valence-electron chi connectivity index (χ2n) is 6.00. The molecule has 0 aliphatic heterocycles. The molecule has 0 heterocycles. The topological polar surface area (TPSA) is 26.3 Å². The summed E-state index contributed by atoms with van der Waals surface area (Å²) in [6.07, 6.45) is 8.00. The van der Waals surface area contributed by atoms with Gasteiger partial charge >= 0.3 is 5.97 Å². The molecule has 102 valence electrons. The van der Waals surface area contributed by atoms with E-state index < -0.39 is 10.5 Å². The molecule has 1 fully saturated rings. The monoisotopic (exact) mass is 382 g/mol. The van der Waals surface area contributed by atoms with Gasteiger partial charge in [-0.05, 0) is 57.9 Å². The standard InChI is InChI=1S/C14H20ClIO2/c1-13(18-12(17)14(2,15)9-16)7-10-4-3-5-11(6-10)8-13/h7,11H,3-6,8-9H2,1-2H3. The molecule has 18 heavy (non-hydrogen) atoms. The summed E-state index contributed by atoms with van der Waals surface area (Å²) in [6, 6.07) is 0. The van der Waals surface area contributed by atoms with Crippen LogP contribution < -0.4 is 0 Å². The van der Waals surface area contributed by atoms with Crippen LogP contribution in [0.5, 0.6) is 0 Å². The molecule has 3 atom stereocenters. The van der Waals surface area contributed by atoms with Gasteiger partial charge in [0.15, 0.2) is 0 Å². The van der Waals surface area contributed by atoms with E-state index in [-0.39, 0.29) is 5.97 Å². The highest BCUT2D eigenvalue weighted by Crippen LogP contribution is 2.42. The van der Waals surface area contributed by atoms with Crippen LogP contribution in [0.2, 0.25) is 0 Å². The van der Waals surface area contributed by atoms with Crippen molar-refractivity contribution in [2.75, 3.05) is 4.43 Å². The molecule has 4 heteroatoms. The summed E-state index contributed by atoms with van der Waals surface area (Å²) in [5, 5.41) is 0. The molecule has 0 aromatic carbocycles. The normalized spacial score (nSPS) is 34.4. The van der Waals surface area contributed by atoms with Gasteiger partial charge in [-0.2, -0.15) is 0 Å². The average Bonchev–Trinajstić information content (AvgIpc) is 2.27. The average molecular weight is 383 g/mol. The molecule has 1 saturated carbocycles. The van der Waals surface area contributed by atoms with Crippen molar-refractivity contribution < 1.29 is 9.53 Å². The molecule has 2 aliphatic rings. The van der Waals surface area contributed by atoms with Crippen molar-refractivity contribution in [3.05, 3.63) is 11.6 Å². The number of carbonyl (C=O) groups is 1. The van der Waals surface area contributed by atoms with Gasteiger partial charge in [-0.25, -0.2) is 0 Å². The number of alkyl halides is 2. The highest BCUT2D eigenvalue weighted by Gasteiger charge is 2.40. The van der Waals surface area contributed by atoms with Crippen molar-refractivity contribution >= 4 is 40.2 Å². The van der Waals surface area contributed by atoms with E-state index in [4.69, 9.17) is 16.3 Å². The Morgan fingerprint density at radius 2 is 2.44 bits per heavy atom. The lowest BCUT2D eigenvalue weighted by Crippen LogP contribution is -2.42. The molecule has 0 radical (unpaired) electrons. The molecule has 0 amide bonds. The molecule has 2 nitrogen and oxygen atoms in total. The van der Waals surface area contributed by atoms with Crippen LogP contribution in [-0.4, -0.2) is 20.9 Å². The van der Waals surface area contributed by atoms with Crippen molar-refractivity contribution in [3.63, 3.8) is 0 Å². The van der Waals surface area contributed by atoms with Gasteiger partial charge in [0.2, 0.25) is 0 Å². The Morgan fingerprint density at radius 1 is 1.72 bits per heavy atom. The van der Waals surface area contributed by atoms with Crippen molar-refractivity contribution in [1.29, 1.82) is 0 Å². The number of rotatable bonds is 3. The minimum atomic E-state index is -0.908. The van der Waals surface area contributed by atoms with Gasteiger partial charge < -0.3 is 4.74 Å². The zero-order chi connectivity index (χ0) is 13.4. The van der Waals surface area contributed by atoms with Gasteiger partial charge in [0, 0.05) is 4.43 Å². The number of ether oxygens (including phenoxy) is 1. The number of carbonyl (C=O) groups excluding carboxylic acids is 1. The Morgan fingerprint density at radius 3 is 3.06 bits per heavy atom. The van der Waals surface area contributed by atoms with E-state index in [9.17, 15) is 4.79 Å². The molecule has 2 aliphatic carbocycles. The minimum Gasteiger partial charge on any atom is -0.454 e. The van der Waals surface area contributed by atoms with Crippen molar-refractivity contribution in [2.45, 2.75) is 56.4 Å². The van der Waals surface area contributed by atoms with Crippen LogP contribution in [0.25, 0.3) is 0 Å². The van der Waals surface area contributed by atoms with Crippen LogP contribution in [0.1, 0.15) is 46.0 Å². The Labute approximate surface area is 128 Å². The molecule has 2 rings (SSSR count). The van der Waals surface area contributed by atoms with Crippen LogP contribution in [0.3, 0.4) is 0 Å². The SMILES string of the molecule is CC1(OC(=O)C(C)(Cl)CI)C=C2CCCC(C2)C1. The van der Waals surface area contributed by atoms with E-state index in [0.717, 1.165) is 12.8 Å². The molecule has 2 bridgehead atoms. The van der Waals surface area contributed by atoms with E-state index in [2.05, 4.69) is 28.7 Å². The van der Waals surface area contributed by atoms with Crippen LogP contribution in [-0.2, 0) is 9.53 Å². The van der Waals surface area contributed by atoms with Gasteiger partial charge in [-0.15, -0.1) is 11.6 Å². The molecular formula is C14H20ClIO2. The van der Waals surface area contributed by atoms with Crippen LogP contribution in [0.15, 0.2) is 11.6 Å². The number of hydrogen-bond acceptors (Lipinski definition) is 2. The second kappa shape index (κ2) is 5.31. The maximum Gasteiger partial charge on any atom is 0.328 e. The molecule has 0 saturated heterocycles. The first-order chi connectivity index (χ1) is 8.35. The number of esters is 1. The minimum absolute atomic E-state index is 0.294. The number of hydrogen-bond donors (Lipinski definition) is 0. The summed E-state index contributed by atoms with van der Waals surface area (Å²) in [6.45, 7) is 3.74. The van der Waals surface area contributed by atoms with E-state index in [0.29, 0.717) is 10.3 Å². The van der Waals surface area contributed by atoms with Crippen molar-refractivity contribution in [2.24, 2.45) is 5.92 Å². The number of fused-ring (bicyclic) bond motifs is 2. The summed E-state index contributed by atoms with van der Waals surface area (Å²) >= 11 is 8.29. The molecule has 0 aromatic heterocycles. The zero-order valence-corrected chi connectivity index (χ0v) is 13.9. The third-order valence-electron chi connectivity index (χ3n) is 3.87.